The molecular weight excluding hydrogens is 224 g/mol. The Kier molecular flexibility index (Phi) is 5.12. The molecule has 1 rings (SSSR count). The zero-order chi connectivity index (χ0) is 12.7. The van der Waals surface area contributed by atoms with Gasteiger partial charge < -0.3 is 9.64 Å². The van der Waals surface area contributed by atoms with Crippen LogP contribution in [0.2, 0.25) is 0 Å². The van der Waals surface area contributed by atoms with Gasteiger partial charge in [0, 0.05) is 13.1 Å². The molecule has 7 heteroatoms. The molecule has 0 aliphatic rings. The molecule has 1 amide bonds. The quantitative estimate of drug-likeness (QED) is 0.637. The van der Waals surface area contributed by atoms with E-state index in [9.17, 15) is 9.59 Å². The van der Waals surface area contributed by atoms with Crippen molar-refractivity contribution in [2.24, 2.45) is 0 Å². The maximum absolute atomic E-state index is 11.8. The van der Waals surface area contributed by atoms with Gasteiger partial charge in [-0.3, -0.25) is 9.59 Å². The number of likely N-dealkylation sites (N-methyl/N-ethyl adjacent to an activating group) is 1. The Bertz CT molecular complexity index is 364. The second-order valence-corrected chi connectivity index (χ2v) is 3.39. The molecule has 0 unspecified atom stereocenters. The van der Waals surface area contributed by atoms with Gasteiger partial charge in [-0.2, -0.15) is 5.10 Å². The van der Waals surface area contributed by atoms with Crippen molar-refractivity contribution in [2.45, 2.75) is 19.9 Å². The van der Waals surface area contributed by atoms with Crippen LogP contribution in [0, 0.1) is 0 Å². The minimum Gasteiger partial charge on any atom is -0.469 e. The molecule has 0 radical (unpaired) electrons. The van der Waals surface area contributed by atoms with Gasteiger partial charge in [0.25, 0.3) is 0 Å². The zero-order valence-corrected chi connectivity index (χ0v) is 10.00. The van der Waals surface area contributed by atoms with Crippen molar-refractivity contribution in [3.8, 4) is 0 Å². The summed E-state index contributed by atoms with van der Waals surface area (Å²) in [5.74, 6) is -0.418. The number of carbonyl (C=O) groups is 2. The van der Waals surface area contributed by atoms with Crippen molar-refractivity contribution in [3.05, 3.63) is 12.7 Å². The predicted octanol–water partition coefficient (Wildman–Crippen LogP) is -0.310. The molecule has 0 aliphatic heterocycles. The van der Waals surface area contributed by atoms with Crippen molar-refractivity contribution < 1.29 is 14.3 Å². The highest BCUT2D eigenvalue weighted by Crippen LogP contribution is 1.96. The lowest BCUT2D eigenvalue weighted by molar-refractivity contribution is -0.141. The first-order valence-electron chi connectivity index (χ1n) is 5.34. The maximum Gasteiger partial charge on any atom is 0.307 e. The van der Waals surface area contributed by atoms with E-state index in [0.717, 1.165) is 0 Å². The standard InChI is InChI=1S/C10H16N4O3/c1-3-13(5-4-10(16)17-2)9(15)6-14-8-11-7-12-14/h7-8H,3-6H2,1-2H3. The van der Waals surface area contributed by atoms with Crippen LogP contribution in [0.15, 0.2) is 12.7 Å². The predicted molar refractivity (Wildman–Crippen MR) is 58.9 cm³/mol. The molecule has 94 valence electrons. The molecule has 1 aromatic rings. The van der Waals surface area contributed by atoms with E-state index in [0.29, 0.717) is 13.1 Å². The second kappa shape index (κ2) is 6.62. The summed E-state index contributed by atoms with van der Waals surface area (Å²) in [5, 5.41) is 3.85. The Balaban J connectivity index is 2.44. The van der Waals surface area contributed by atoms with Crippen LogP contribution in [-0.4, -0.2) is 51.7 Å². The molecule has 7 nitrogen and oxygen atoms in total. The van der Waals surface area contributed by atoms with Crippen LogP contribution in [0.4, 0.5) is 0 Å². The average Bonchev–Trinajstić information content (AvgIpc) is 2.82. The summed E-state index contributed by atoms with van der Waals surface area (Å²) in [7, 11) is 1.33. The highest BCUT2D eigenvalue weighted by atomic mass is 16.5. The number of ether oxygens (including phenoxy) is 1. The highest BCUT2D eigenvalue weighted by Gasteiger charge is 2.14. The summed E-state index contributed by atoms with van der Waals surface area (Å²) in [6.07, 6.45) is 3.05. The van der Waals surface area contributed by atoms with Crippen LogP contribution >= 0.6 is 0 Å². The second-order valence-electron chi connectivity index (χ2n) is 3.39. The van der Waals surface area contributed by atoms with E-state index >= 15 is 0 Å². The van der Waals surface area contributed by atoms with Gasteiger partial charge >= 0.3 is 5.97 Å². The third kappa shape index (κ3) is 4.21. The van der Waals surface area contributed by atoms with Crippen molar-refractivity contribution in [1.29, 1.82) is 0 Å². The Morgan fingerprint density at radius 3 is 2.76 bits per heavy atom. The molecule has 17 heavy (non-hydrogen) atoms. The number of nitrogens with zero attached hydrogens (tertiary/aromatic N) is 4. The fourth-order valence-electron chi connectivity index (χ4n) is 1.34. The first-order valence-corrected chi connectivity index (χ1v) is 5.34. The molecule has 0 spiro atoms. The highest BCUT2D eigenvalue weighted by molar-refractivity contribution is 5.77. The van der Waals surface area contributed by atoms with Crippen molar-refractivity contribution in [3.63, 3.8) is 0 Å². The lowest BCUT2D eigenvalue weighted by Crippen LogP contribution is -2.35. The third-order valence-electron chi connectivity index (χ3n) is 2.31. The minimum absolute atomic E-state index is 0.0955. The number of hydrogen-bond acceptors (Lipinski definition) is 5. The summed E-state index contributed by atoms with van der Waals surface area (Å²) in [6, 6.07) is 0. The molecule has 0 atom stereocenters. The molecule has 0 aromatic carbocycles. The molecule has 1 heterocycles. The molecule has 0 bridgehead atoms. The molecule has 0 saturated heterocycles. The number of carbonyl (C=O) groups excluding carboxylic acids is 2. The Morgan fingerprint density at radius 1 is 1.47 bits per heavy atom. The smallest absolute Gasteiger partial charge is 0.307 e. The number of rotatable bonds is 6. The Morgan fingerprint density at radius 2 is 2.24 bits per heavy atom. The molecular formula is C10H16N4O3. The topological polar surface area (TPSA) is 77.3 Å². The van der Waals surface area contributed by atoms with E-state index in [1.807, 2.05) is 6.92 Å². The molecule has 0 aliphatic carbocycles. The first kappa shape index (κ1) is 13.1. The molecule has 0 fully saturated rings. The van der Waals surface area contributed by atoms with Gasteiger partial charge in [0.05, 0.1) is 13.5 Å². The summed E-state index contributed by atoms with van der Waals surface area (Å²) >= 11 is 0. The zero-order valence-electron chi connectivity index (χ0n) is 10.00. The van der Waals surface area contributed by atoms with Crippen LogP contribution in [0.25, 0.3) is 0 Å². The van der Waals surface area contributed by atoms with E-state index in [1.54, 1.807) is 4.90 Å². The monoisotopic (exact) mass is 240 g/mol. The molecule has 0 saturated carbocycles. The number of aromatic nitrogens is 3. The summed E-state index contributed by atoms with van der Waals surface area (Å²) in [4.78, 5) is 28.1. The third-order valence-corrected chi connectivity index (χ3v) is 2.31. The van der Waals surface area contributed by atoms with Gasteiger partial charge in [-0.05, 0) is 6.92 Å². The van der Waals surface area contributed by atoms with E-state index in [2.05, 4.69) is 14.8 Å². The molecule has 1 aromatic heterocycles. The van der Waals surface area contributed by atoms with Gasteiger partial charge in [0.1, 0.15) is 19.2 Å². The fraction of sp³-hybridized carbons (Fsp3) is 0.600. The van der Waals surface area contributed by atoms with Crippen LogP contribution in [0.3, 0.4) is 0 Å². The SMILES string of the molecule is CCN(CCC(=O)OC)C(=O)Cn1cncn1. The lowest BCUT2D eigenvalue weighted by Gasteiger charge is -2.19. The minimum atomic E-state index is -0.322. The normalized spacial score (nSPS) is 10.0. The van der Waals surface area contributed by atoms with E-state index < -0.39 is 0 Å². The first-order chi connectivity index (χ1) is 8.17. The summed E-state index contributed by atoms with van der Waals surface area (Å²) < 4.78 is 5.97. The Hall–Kier alpha value is -1.92. The van der Waals surface area contributed by atoms with Gasteiger partial charge in [0.15, 0.2) is 0 Å². The number of hydrogen-bond donors (Lipinski definition) is 0. The number of amides is 1. The van der Waals surface area contributed by atoms with Gasteiger partial charge in [-0.15, -0.1) is 0 Å². The van der Waals surface area contributed by atoms with Gasteiger partial charge in [-0.25, -0.2) is 9.67 Å². The fourth-order valence-corrected chi connectivity index (χ4v) is 1.34. The van der Waals surface area contributed by atoms with Crippen LogP contribution in [0.5, 0.6) is 0 Å². The van der Waals surface area contributed by atoms with E-state index in [-0.39, 0.29) is 24.8 Å². The van der Waals surface area contributed by atoms with Crippen LogP contribution in [-0.2, 0) is 20.9 Å². The largest absolute Gasteiger partial charge is 0.469 e. The van der Waals surface area contributed by atoms with E-state index in [4.69, 9.17) is 0 Å². The number of esters is 1. The van der Waals surface area contributed by atoms with E-state index in [1.165, 1.54) is 24.4 Å². The van der Waals surface area contributed by atoms with Crippen molar-refractivity contribution >= 4 is 11.9 Å². The maximum atomic E-state index is 11.8. The van der Waals surface area contributed by atoms with Crippen molar-refractivity contribution in [2.75, 3.05) is 20.2 Å². The van der Waals surface area contributed by atoms with Crippen LogP contribution in [0.1, 0.15) is 13.3 Å². The van der Waals surface area contributed by atoms with Crippen molar-refractivity contribution in [1.82, 2.24) is 19.7 Å². The number of methoxy groups -OCH3 is 1. The Labute approximate surface area is 99.4 Å². The molecule has 0 N–H and O–H groups in total. The average molecular weight is 240 g/mol. The summed E-state index contributed by atoms with van der Waals surface area (Å²) in [5.41, 5.74) is 0. The van der Waals surface area contributed by atoms with Crippen LogP contribution < -0.4 is 0 Å². The van der Waals surface area contributed by atoms with Gasteiger partial charge in [-0.1, -0.05) is 0 Å². The summed E-state index contributed by atoms with van der Waals surface area (Å²) in [6.45, 7) is 2.90. The lowest BCUT2D eigenvalue weighted by atomic mass is 10.3. The van der Waals surface area contributed by atoms with Gasteiger partial charge in [0.2, 0.25) is 5.91 Å².